The third-order valence-electron chi connectivity index (χ3n) is 6.24. The summed E-state index contributed by atoms with van der Waals surface area (Å²) >= 11 is 11.9. The fraction of sp³-hybridized carbons (Fsp3) is 0.500. The van der Waals surface area contributed by atoms with E-state index in [4.69, 9.17) is 27.9 Å². The highest BCUT2D eigenvalue weighted by atomic mass is 35.5. The van der Waals surface area contributed by atoms with Gasteiger partial charge in [0.1, 0.15) is 6.04 Å². The van der Waals surface area contributed by atoms with Crippen LogP contribution in [0.2, 0.25) is 10.0 Å². The summed E-state index contributed by atoms with van der Waals surface area (Å²) in [5.74, 6) is -2.10. The van der Waals surface area contributed by atoms with Gasteiger partial charge in [-0.3, -0.25) is 19.3 Å². The van der Waals surface area contributed by atoms with Crippen molar-refractivity contribution in [3.05, 3.63) is 28.2 Å². The molecule has 2 bridgehead atoms. The smallest absolute Gasteiger partial charge is 0.329 e. The Kier molecular flexibility index (Phi) is 5.29. The molecule has 1 aromatic rings. The molecule has 3 fully saturated rings. The standard InChI is InChI=1S/C20H20Cl2N2O5/c1-9(24-18(26)16-10-2-3-11(6-10)17(16)19(24)27)20(28)29-8-15(25)23-14-7-12(21)4-5-13(14)22/h4-5,7,9-11,16-17H,2-3,6,8H2,1H3,(H,23,25)/t9-,10+,11+,16-,17+/m1/s1. The lowest BCUT2D eigenvalue weighted by atomic mass is 9.81. The largest absolute Gasteiger partial charge is 0.454 e. The topological polar surface area (TPSA) is 92.8 Å². The highest BCUT2D eigenvalue weighted by Gasteiger charge is 2.62. The predicted octanol–water partition coefficient (Wildman–Crippen LogP) is 2.89. The highest BCUT2D eigenvalue weighted by molar-refractivity contribution is 6.35. The molecular formula is C20H20Cl2N2O5. The Morgan fingerprint density at radius 2 is 1.79 bits per heavy atom. The lowest BCUT2D eigenvalue weighted by Gasteiger charge is -2.23. The lowest BCUT2D eigenvalue weighted by molar-refractivity contribution is -0.159. The van der Waals surface area contributed by atoms with Crippen molar-refractivity contribution in [2.24, 2.45) is 23.7 Å². The zero-order valence-corrected chi connectivity index (χ0v) is 17.2. The van der Waals surface area contributed by atoms with Crippen molar-refractivity contribution in [1.82, 2.24) is 4.90 Å². The Hall–Kier alpha value is -2.12. The summed E-state index contributed by atoms with van der Waals surface area (Å²) < 4.78 is 5.04. The van der Waals surface area contributed by atoms with Crippen LogP contribution in [0.5, 0.6) is 0 Å². The van der Waals surface area contributed by atoms with Gasteiger partial charge in [0, 0.05) is 5.02 Å². The van der Waals surface area contributed by atoms with E-state index in [1.54, 1.807) is 6.07 Å². The Morgan fingerprint density at radius 1 is 1.17 bits per heavy atom. The molecule has 3 amide bonds. The van der Waals surface area contributed by atoms with Crippen LogP contribution in [0.25, 0.3) is 0 Å². The lowest BCUT2D eigenvalue weighted by Crippen LogP contribution is -2.45. The maximum atomic E-state index is 12.8. The van der Waals surface area contributed by atoms with Gasteiger partial charge >= 0.3 is 5.97 Å². The summed E-state index contributed by atoms with van der Waals surface area (Å²) in [6, 6.07) is 3.51. The van der Waals surface area contributed by atoms with Gasteiger partial charge in [0.15, 0.2) is 6.61 Å². The quantitative estimate of drug-likeness (QED) is 0.563. The number of amides is 3. The van der Waals surface area contributed by atoms with Gasteiger partial charge in [0.2, 0.25) is 11.8 Å². The Bertz CT molecular complexity index is 877. The van der Waals surface area contributed by atoms with E-state index < -0.39 is 24.5 Å². The molecule has 7 nitrogen and oxygen atoms in total. The number of imide groups is 1. The molecule has 4 rings (SSSR count). The van der Waals surface area contributed by atoms with Crippen molar-refractivity contribution in [3.63, 3.8) is 0 Å². The number of nitrogens with zero attached hydrogens (tertiary/aromatic N) is 1. The SMILES string of the molecule is C[C@H](C(=O)OCC(=O)Nc1cc(Cl)ccc1Cl)N1C(=O)[C@@H]2[C@H]3CC[C@@H](C3)[C@@H]2C1=O. The van der Waals surface area contributed by atoms with Gasteiger partial charge in [-0.15, -0.1) is 0 Å². The number of rotatable bonds is 5. The first-order valence-electron chi connectivity index (χ1n) is 9.56. The molecule has 1 aromatic carbocycles. The minimum Gasteiger partial charge on any atom is -0.454 e. The van der Waals surface area contributed by atoms with E-state index >= 15 is 0 Å². The summed E-state index contributed by atoms with van der Waals surface area (Å²) in [6.45, 7) is 0.882. The van der Waals surface area contributed by atoms with Crippen LogP contribution in [0, 0.1) is 23.7 Å². The van der Waals surface area contributed by atoms with Crippen molar-refractivity contribution >= 4 is 52.6 Å². The maximum Gasteiger partial charge on any atom is 0.329 e. The number of anilines is 1. The normalized spacial score (nSPS) is 28.4. The molecule has 3 aliphatic rings. The molecular weight excluding hydrogens is 419 g/mol. The number of carbonyl (C=O) groups is 4. The minimum absolute atomic E-state index is 0.239. The van der Waals surface area contributed by atoms with E-state index in [1.807, 2.05) is 0 Å². The average molecular weight is 439 g/mol. The van der Waals surface area contributed by atoms with Gasteiger partial charge in [-0.1, -0.05) is 23.2 Å². The third kappa shape index (κ3) is 3.51. The number of benzene rings is 1. The molecule has 9 heteroatoms. The van der Waals surface area contributed by atoms with Gasteiger partial charge in [-0.2, -0.15) is 0 Å². The van der Waals surface area contributed by atoms with Crippen molar-refractivity contribution < 1.29 is 23.9 Å². The van der Waals surface area contributed by atoms with E-state index in [2.05, 4.69) is 5.32 Å². The fourth-order valence-corrected chi connectivity index (χ4v) is 5.29. The fourth-order valence-electron chi connectivity index (χ4n) is 4.96. The number of ether oxygens (including phenoxy) is 1. The van der Waals surface area contributed by atoms with Crippen LogP contribution in [-0.2, 0) is 23.9 Å². The van der Waals surface area contributed by atoms with Gasteiger partial charge in [-0.25, -0.2) is 4.79 Å². The van der Waals surface area contributed by atoms with Crippen molar-refractivity contribution in [2.75, 3.05) is 11.9 Å². The first-order chi connectivity index (χ1) is 13.8. The number of nitrogens with one attached hydrogen (secondary N) is 1. The molecule has 1 heterocycles. The van der Waals surface area contributed by atoms with Gasteiger partial charge in [-0.05, 0) is 56.2 Å². The minimum atomic E-state index is -1.07. The first kappa shape index (κ1) is 20.2. The third-order valence-corrected chi connectivity index (χ3v) is 6.80. The summed E-state index contributed by atoms with van der Waals surface area (Å²) in [5.41, 5.74) is 0.293. The predicted molar refractivity (Wildman–Crippen MR) is 105 cm³/mol. The van der Waals surface area contributed by atoms with E-state index in [-0.39, 0.29) is 40.5 Å². The molecule has 2 aliphatic carbocycles. The van der Waals surface area contributed by atoms with Crippen LogP contribution >= 0.6 is 23.2 Å². The highest BCUT2D eigenvalue weighted by Crippen LogP contribution is 2.56. The number of hydrogen-bond acceptors (Lipinski definition) is 5. The van der Waals surface area contributed by atoms with Crippen LogP contribution in [-0.4, -0.2) is 41.2 Å². The monoisotopic (exact) mass is 438 g/mol. The second-order valence-corrected chi connectivity index (χ2v) is 8.73. The van der Waals surface area contributed by atoms with Crippen molar-refractivity contribution in [2.45, 2.75) is 32.2 Å². The van der Waals surface area contributed by atoms with Crippen LogP contribution in [0.15, 0.2) is 18.2 Å². The van der Waals surface area contributed by atoms with Gasteiger partial charge < -0.3 is 10.1 Å². The average Bonchev–Trinajstić information content (AvgIpc) is 3.36. The van der Waals surface area contributed by atoms with Crippen LogP contribution < -0.4 is 5.32 Å². The summed E-state index contributed by atoms with van der Waals surface area (Å²) in [5, 5.41) is 3.18. The molecule has 29 heavy (non-hydrogen) atoms. The Balaban J connectivity index is 1.35. The molecule has 1 saturated heterocycles. The number of fused-ring (bicyclic) bond motifs is 5. The van der Waals surface area contributed by atoms with Gasteiger partial charge in [0.25, 0.3) is 5.91 Å². The Morgan fingerprint density at radius 3 is 2.41 bits per heavy atom. The van der Waals surface area contributed by atoms with Gasteiger partial charge in [0.05, 0.1) is 22.5 Å². The van der Waals surface area contributed by atoms with E-state index in [0.29, 0.717) is 10.7 Å². The van der Waals surface area contributed by atoms with Crippen LogP contribution in [0.4, 0.5) is 5.69 Å². The molecule has 0 aromatic heterocycles. The maximum absolute atomic E-state index is 12.8. The number of hydrogen-bond donors (Lipinski definition) is 1. The second kappa shape index (κ2) is 7.61. The number of esters is 1. The van der Waals surface area contributed by atoms with Crippen LogP contribution in [0.1, 0.15) is 26.2 Å². The number of carbonyl (C=O) groups excluding carboxylic acids is 4. The van der Waals surface area contributed by atoms with E-state index in [9.17, 15) is 19.2 Å². The summed E-state index contributed by atoms with van der Waals surface area (Å²) in [4.78, 5) is 51.1. The number of halogens is 2. The summed E-state index contributed by atoms with van der Waals surface area (Å²) in [7, 11) is 0. The summed E-state index contributed by atoms with van der Waals surface area (Å²) in [6.07, 6.45) is 2.85. The van der Waals surface area contributed by atoms with E-state index in [1.165, 1.54) is 19.1 Å². The Labute approximate surface area is 177 Å². The van der Waals surface area contributed by atoms with E-state index in [0.717, 1.165) is 24.2 Å². The molecule has 0 radical (unpaired) electrons. The molecule has 0 spiro atoms. The first-order valence-corrected chi connectivity index (χ1v) is 10.3. The van der Waals surface area contributed by atoms with Crippen molar-refractivity contribution in [3.8, 4) is 0 Å². The molecule has 5 atom stereocenters. The van der Waals surface area contributed by atoms with Crippen LogP contribution in [0.3, 0.4) is 0 Å². The second-order valence-electron chi connectivity index (χ2n) is 7.89. The zero-order valence-electron chi connectivity index (χ0n) is 15.7. The molecule has 154 valence electrons. The molecule has 2 saturated carbocycles. The van der Waals surface area contributed by atoms with Crippen molar-refractivity contribution in [1.29, 1.82) is 0 Å². The molecule has 1 aliphatic heterocycles. The zero-order chi connectivity index (χ0) is 20.9. The molecule has 0 unspecified atom stereocenters. The molecule has 1 N–H and O–H groups in total. The number of likely N-dealkylation sites (tertiary alicyclic amines) is 1.